The summed E-state index contributed by atoms with van der Waals surface area (Å²) in [5.41, 5.74) is 0.848. The van der Waals surface area contributed by atoms with Crippen LogP contribution in [-0.2, 0) is 20.8 Å². The highest BCUT2D eigenvalue weighted by Gasteiger charge is 2.34. The first-order valence-corrected chi connectivity index (χ1v) is 8.41. The number of methoxy groups -OCH3 is 1. The largest absolute Gasteiger partial charge is 0.460 e. The lowest BCUT2D eigenvalue weighted by molar-refractivity contribution is -0.158. The first kappa shape index (κ1) is 18.0. The van der Waals surface area contributed by atoms with Crippen LogP contribution in [0.2, 0.25) is 0 Å². The molecule has 2 atom stereocenters. The zero-order valence-electron chi connectivity index (χ0n) is 14.7. The third-order valence-corrected chi connectivity index (χ3v) is 4.16. The van der Waals surface area contributed by atoms with E-state index in [-0.39, 0.29) is 18.1 Å². The minimum absolute atomic E-state index is 0.115. The molecule has 2 rings (SSSR count). The normalized spacial score (nSPS) is 20.4. The van der Waals surface area contributed by atoms with Gasteiger partial charge in [-0.1, -0.05) is 30.3 Å². The molecule has 1 fully saturated rings. The van der Waals surface area contributed by atoms with Gasteiger partial charge in [0.05, 0.1) is 12.5 Å². The number of rotatable bonds is 6. The Morgan fingerprint density at radius 2 is 2.00 bits per heavy atom. The Balaban J connectivity index is 1.97. The fraction of sp³-hybridized carbons (Fsp3) is 0.632. The fourth-order valence-corrected chi connectivity index (χ4v) is 3.21. The molecule has 1 saturated heterocycles. The summed E-state index contributed by atoms with van der Waals surface area (Å²) in [7, 11) is 1.69. The number of hydrogen-bond donors (Lipinski definition) is 0. The van der Waals surface area contributed by atoms with E-state index in [0.717, 1.165) is 25.9 Å². The number of carbonyl (C=O) groups excluding carboxylic acids is 1. The SMILES string of the molecule is CO[C@H](CC(=O)OC(C)(C)C)[C@@H]1CCCN1Cc1ccccc1. The zero-order chi connectivity index (χ0) is 16.9. The van der Waals surface area contributed by atoms with Crippen LogP contribution in [0.3, 0.4) is 0 Å². The van der Waals surface area contributed by atoms with Crippen molar-refractivity contribution in [3.63, 3.8) is 0 Å². The molecule has 1 aliphatic heterocycles. The lowest BCUT2D eigenvalue weighted by atomic mass is 10.0. The van der Waals surface area contributed by atoms with Crippen LogP contribution in [0.4, 0.5) is 0 Å². The highest BCUT2D eigenvalue weighted by molar-refractivity contribution is 5.70. The van der Waals surface area contributed by atoms with E-state index in [4.69, 9.17) is 9.47 Å². The summed E-state index contributed by atoms with van der Waals surface area (Å²) in [5.74, 6) is -0.184. The highest BCUT2D eigenvalue weighted by Crippen LogP contribution is 2.26. The van der Waals surface area contributed by atoms with E-state index >= 15 is 0 Å². The van der Waals surface area contributed by atoms with E-state index in [1.807, 2.05) is 26.8 Å². The van der Waals surface area contributed by atoms with Crippen LogP contribution in [0.25, 0.3) is 0 Å². The summed E-state index contributed by atoms with van der Waals surface area (Å²) in [6.07, 6.45) is 2.40. The van der Waals surface area contributed by atoms with Gasteiger partial charge < -0.3 is 9.47 Å². The fourth-order valence-electron chi connectivity index (χ4n) is 3.21. The van der Waals surface area contributed by atoms with Crippen molar-refractivity contribution in [2.24, 2.45) is 0 Å². The van der Waals surface area contributed by atoms with E-state index in [1.54, 1.807) is 7.11 Å². The standard InChI is InChI=1S/C19H29NO3/c1-19(2,3)23-18(21)13-17(22-4)16-11-8-12-20(16)14-15-9-6-5-7-10-15/h5-7,9-10,16-17H,8,11-14H2,1-4H3/t16-,17+/m0/s1. The molecule has 0 N–H and O–H groups in total. The summed E-state index contributed by atoms with van der Waals surface area (Å²) in [6, 6.07) is 10.7. The van der Waals surface area contributed by atoms with Gasteiger partial charge in [-0.3, -0.25) is 9.69 Å². The van der Waals surface area contributed by atoms with E-state index in [2.05, 4.69) is 29.2 Å². The molecule has 128 valence electrons. The average Bonchev–Trinajstić information content (AvgIpc) is 2.92. The number of esters is 1. The minimum atomic E-state index is -0.450. The Labute approximate surface area is 139 Å². The Kier molecular flexibility index (Phi) is 6.19. The van der Waals surface area contributed by atoms with E-state index in [1.165, 1.54) is 5.56 Å². The Bertz CT molecular complexity index is 495. The molecule has 0 unspecified atom stereocenters. The second kappa shape index (κ2) is 7.93. The molecule has 1 aromatic rings. The molecule has 4 heteroatoms. The molecule has 1 heterocycles. The second-order valence-electron chi connectivity index (χ2n) is 7.23. The molecule has 0 saturated carbocycles. The molecule has 0 aromatic heterocycles. The van der Waals surface area contributed by atoms with Gasteiger partial charge in [0.25, 0.3) is 0 Å². The highest BCUT2D eigenvalue weighted by atomic mass is 16.6. The number of nitrogens with zero attached hydrogens (tertiary/aromatic N) is 1. The van der Waals surface area contributed by atoms with Crippen molar-refractivity contribution in [1.29, 1.82) is 0 Å². The van der Waals surface area contributed by atoms with Crippen LogP contribution in [0.15, 0.2) is 30.3 Å². The number of carbonyl (C=O) groups is 1. The van der Waals surface area contributed by atoms with Crippen molar-refractivity contribution in [2.45, 2.75) is 64.3 Å². The molecular weight excluding hydrogens is 290 g/mol. The quantitative estimate of drug-likeness (QED) is 0.753. The lowest BCUT2D eigenvalue weighted by Gasteiger charge is -2.31. The molecule has 1 aliphatic rings. The van der Waals surface area contributed by atoms with Crippen molar-refractivity contribution in [3.8, 4) is 0 Å². The average molecular weight is 319 g/mol. The van der Waals surface area contributed by atoms with Gasteiger partial charge >= 0.3 is 5.97 Å². The first-order chi connectivity index (χ1) is 10.9. The van der Waals surface area contributed by atoms with Gasteiger partial charge in [-0.25, -0.2) is 0 Å². The summed E-state index contributed by atoms with van der Waals surface area (Å²) in [4.78, 5) is 14.6. The Morgan fingerprint density at radius 1 is 1.30 bits per heavy atom. The van der Waals surface area contributed by atoms with E-state index in [9.17, 15) is 4.79 Å². The Hall–Kier alpha value is -1.39. The molecule has 0 bridgehead atoms. The number of ether oxygens (including phenoxy) is 2. The monoisotopic (exact) mass is 319 g/mol. The van der Waals surface area contributed by atoms with Gasteiger partial charge in [0.2, 0.25) is 0 Å². The van der Waals surface area contributed by atoms with Crippen molar-refractivity contribution in [2.75, 3.05) is 13.7 Å². The lowest BCUT2D eigenvalue weighted by Crippen LogP contribution is -2.41. The number of likely N-dealkylation sites (tertiary alicyclic amines) is 1. The van der Waals surface area contributed by atoms with Crippen LogP contribution < -0.4 is 0 Å². The van der Waals surface area contributed by atoms with Crippen molar-refractivity contribution in [3.05, 3.63) is 35.9 Å². The van der Waals surface area contributed by atoms with Crippen molar-refractivity contribution < 1.29 is 14.3 Å². The molecule has 0 radical (unpaired) electrons. The van der Waals surface area contributed by atoms with Gasteiger partial charge in [0, 0.05) is 19.7 Å². The smallest absolute Gasteiger partial charge is 0.309 e. The maximum atomic E-state index is 12.1. The van der Waals surface area contributed by atoms with Crippen LogP contribution in [0.5, 0.6) is 0 Å². The molecule has 23 heavy (non-hydrogen) atoms. The van der Waals surface area contributed by atoms with Gasteiger partial charge in [0.15, 0.2) is 0 Å². The maximum Gasteiger partial charge on any atom is 0.309 e. The summed E-state index contributed by atoms with van der Waals surface area (Å²) in [5, 5.41) is 0. The molecule has 0 aliphatic carbocycles. The summed E-state index contributed by atoms with van der Waals surface area (Å²) in [6.45, 7) is 7.63. The molecule has 0 amide bonds. The molecule has 1 aromatic carbocycles. The topological polar surface area (TPSA) is 38.8 Å². The van der Waals surface area contributed by atoms with E-state index in [0.29, 0.717) is 6.42 Å². The molecule has 0 spiro atoms. The molecular formula is C19H29NO3. The zero-order valence-corrected chi connectivity index (χ0v) is 14.7. The van der Waals surface area contributed by atoms with E-state index < -0.39 is 5.60 Å². The van der Waals surface area contributed by atoms with Gasteiger partial charge in [-0.15, -0.1) is 0 Å². The van der Waals surface area contributed by atoms with Gasteiger partial charge in [-0.05, 0) is 45.7 Å². The predicted octanol–water partition coefficient (Wildman–Crippen LogP) is 3.40. The molecule has 4 nitrogen and oxygen atoms in total. The summed E-state index contributed by atoms with van der Waals surface area (Å²) < 4.78 is 11.1. The maximum absolute atomic E-state index is 12.1. The Morgan fingerprint density at radius 3 is 2.61 bits per heavy atom. The number of hydrogen-bond acceptors (Lipinski definition) is 4. The number of benzene rings is 1. The van der Waals surface area contributed by atoms with Gasteiger partial charge in [0.1, 0.15) is 5.60 Å². The minimum Gasteiger partial charge on any atom is -0.460 e. The third-order valence-electron chi connectivity index (χ3n) is 4.16. The second-order valence-corrected chi connectivity index (χ2v) is 7.23. The predicted molar refractivity (Wildman–Crippen MR) is 91.1 cm³/mol. The summed E-state index contributed by atoms with van der Waals surface area (Å²) >= 11 is 0. The van der Waals surface area contributed by atoms with Crippen LogP contribution in [0.1, 0.15) is 45.6 Å². The van der Waals surface area contributed by atoms with Crippen molar-refractivity contribution in [1.82, 2.24) is 4.90 Å². The van der Waals surface area contributed by atoms with Crippen LogP contribution >= 0.6 is 0 Å². The van der Waals surface area contributed by atoms with Crippen molar-refractivity contribution >= 4 is 5.97 Å². The third kappa shape index (κ3) is 5.63. The van der Waals surface area contributed by atoms with Crippen LogP contribution in [0, 0.1) is 0 Å². The van der Waals surface area contributed by atoms with Gasteiger partial charge in [-0.2, -0.15) is 0 Å². The first-order valence-electron chi connectivity index (χ1n) is 8.41. The van der Waals surface area contributed by atoms with Crippen LogP contribution in [-0.4, -0.2) is 42.3 Å².